The monoisotopic (exact) mass is 193 g/mol. The lowest BCUT2D eigenvalue weighted by atomic mass is 10.0. The third-order valence-corrected chi connectivity index (χ3v) is 3.04. The van der Waals surface area contributed by atoms with E-state index in [-0.39, 0.29) is 5.54 Å². The van der Waals surface area contributed by atoms with Crippen LogP contribution in [-0.4, -0.2) is 20.2 Å². The Morgan fingerprint density at radius 3 is 2.57 bits per heavy atom. The Balaban J connectivity index is 2.31. The molecule has 0 bridgehead atoms. The maximum absolute atomic E-state index is 4.48. The molecule has 1 aliphatic heterocycles. The minimum Gasteiger partial charge on any atom is -0.286 e. The lowest BCUT2D eigenvalue weighted by Crippen LogP contribution is -2.39. The van der Waals surface area contributed by atoms with Crippen LogP contribution in [0, 0.1) is 0 Å². The van der Waals surface area contributed by atoms with Gasteiger partial charge in [0.15, 0.2) is 0 Å². The van der Waals surface area contributed by atoms with E-state index < -0.39 is 0 Å². The molecule has 3 nitrogen and oxygen atoms in total. The molecule has 0 unspecified atom stereocenters. The summed E-state index contributed by atoms with van der Waals surface area (Å²) in [6.07, 6.45) is 2.14. The summed E-state index contributed by atoms with van der Waals surface area (Å²) in [5.74, 6) is 0. The Hall–Kier alpha value is -0.830. The van der Waals surface area contributed by atoms with E-state index in [0.717, 1.165) is 6.54 Å². The molecule has 1 aliphatic rings. The molecule has 0 radical (unpaired) electrons. The molecule has 78 valence electrons. The number of aryl methyl sites for hydroxylation is 1. The van der Waals surface area contributed by atoms with Crippen molar-refractivity contribution in [2.24, 2.45) is 7.05 Å². The van der Waals surface area contributed by atoms with Crippen molar-refractivity contribution in [2.45, 2.75) is 45.8 Å². The zero-order valence-corrected chi connectivity index (χ0v) is 9.70. The van der Waals surface area contributed by atoms with Crippen molar-refractivity contribution < 1.29 is 0 Å². The number of nitrogens with zero attached hydrogens (tertiary/aromatic N) is 3. The van der Waals surface area contributed by atoms with E-state index in [2.05, 4.69) is 43.9 Å². The molecule has 0 saturated heterocycles. The quantitative estimate of drug-likeness (QED) is 0.629. The van der Waals surface area contributed by atoms with Crippen molar-refractivity contribution in [1.29, 1.82) is 0 Å². The van der Waals surface area contributed by atoms with E-state index in [1.807, 2.05) is 11.7 Å². The highest BCUT2D eigenvalue weighted by Gasteiger charge is 2.35. The predicted molar refractivity (Wildman–Crippen MR) is 56.9 cm³/mol. The first-order valence-corrected chi connectivity index (χ1v) is 5.19. The molecule has 2 heterocycles. The van der Waals surface area contributed by atoms with Crippen LogP contribution in [0.3, 0.4) is 0 Å². The van der Waals surface area contributed by atoms with Gasteiger partial charge in [-0.3, -0.25) is 9.58 Å². The van der Waals surface area contributed by atoms with Crippen LogP contribution in [0.5, 0.6) is 0 Å². The maximum Gasteiger partial charge on any atom is 0.0812 e. The van der Waals surface area contributed by atoms with Crippen LogP contribution in [0.1, 0.15) is 45.0 Å². The van der Waals surface area contributed by atoms with Crippen LogP contribution in [0.4, 0.5) is 0 Å². The van der Waals surface area contributed by atoms with Gasteiger partial charge in [-0.1, -0.05) is 0 Å². The summed E-state index contributed by atoms with van der Waals surface area (Å²) in [6, 6.07) is 0.499. The lowest BCUT2D eigenvalue weighted by Gasteiger charge is -2.35. The Morgan fingerprint density at radius 1 is 1.43 bits per heavy atom. The first-order chi connectivity index (χ1) is 6.39. The van der Waals surface area contributed by atoms with Crippen LogP contribution in [0.2, 0.25) is 0 Å². The van der Waals surface area contributed by atoms with E-state index in [0.29, 0.717) is 6.04 Å². The molecule has 0 N–H and O–H groups in total. The molecule has 14 heavy (non-hydrogen) atoms. The normalized spacial score (nSPS) is 22.8. The summed E-state index contributed by atoms with van der Waals surface area (Å²) in [6.45, 7) is 10.0. The number of fused-ring (bicyclic) bond motifs is 1. The highest BCUT2D eigenvalue weighted by molar-refractivity contribution is 5.26. The second-order valence-electron chi connectivity index (χ2n) is 5.18. The molecule has 1 atom stereocenters. The highest BCUT2D eigenvalue weighted by atomic mass is 15.3. The van der Waals surface area contributed by atoms with E-state index in [4.69, 9.17) is 0 Å². The highest BCUT2D eigenvalue weighted by Crippen LogP contribution is 2.37. The van der Waals surface area contributed by atoms with Crippen LogP contribution in [0.15, 0.2) is 6.20 Å². The average Bonchev–Trinajstić information content (AvgIpc) is 2.49. The van der Waals surface area contributed by atoms with Crippen molar-refractivity contribution in [3.8, 4) is 0 Å². The van der Waals surface area contributed by atoms with Crippen LogP contribution in [-0.2, 0) is 13.6 Å². The third-order valence-electron chi connectivity index (χ3n) is 3.04. The molecule has 0 aliphatic carbocycles. The van der Waals surface area contributed by atoms with Gasteiger partial charge >= 0.3 is 0 Å². The summed E-state index contributed by atoms with van der Waals surface area (Å²) in [4.78, 5) is 2.49. The fraction of sp³-hybridized carbons (Fsp3) is 0.727. The molecule has 1 aromatic rings. The molecule has 0 aromatic carbocycles. The summed E-state index contributed by atoms with van der Waals surface area (Å²) in [5, 5.41) is 4.48. The fourth-order valence-electron chi connectivity index (χ4n) is 2.31. The minimum atomic E-state index is 0.228. The lowest BCUT2D eigenvalue weighted by molar-refractivity contribution is 0.0981. The predicted octanol–water partition coefficient (Wildman–Crippen LogP) is 2.10. The summed E-state index contributed by atoms with van der Waals surface area (Å²) < 4.78 is 1.92. The van der Waals surface area contributed by atoms with E-state index in [9.17, 15) is 0 Å². The van der Waals surface area contributed by atoms with E-state index in [1.54, 1.807) is 0 Å². The van der Waals surface area contributed by atoms with Gasteiger partial charge in [0.1, 0.15) is 0 Å². The van der Waals surface area contributed by atoms with E-state index in [1.165, 1.54) is 11.3 Å². The van der Waals surface area contributed by atoms with Crippen molar-refractivity contribution in [2.75, 3.05) is 0 Å². The Bertz CT molecular complexity index is 346. The molecule has 2 rings (SSSR count). The van der Waals surface area contributed by atoms with Crippen molar-refractivity contribution in [3.63, 3.8) is 0 Å². The standard InChI is InChI=1S/C11H19N3/c1-8-9-6-13(5)12-10(9)7-14(8)11(2,3)4/h6,8H,7H2,1-5H3/t8-/m1/s1. The zero-order valence-electron chi connectivity index (χ0n) is 9.70. The van der Waals surface area contributed by atoms with Crippen molar-refractivity contribution >= 4 is 0 Å². The number of rotatable bonds is 0. The largest absolute Gasteiger partial charge is 0.286 e. The average molecular weight is 193 g/mol. The maximum atomic E-state index is 4.48. The second kappa shape index (κ2) is 2.83. The van der Waals surface area contributed by atoms with Gasteiger partial charge in [-0.2, -0.15) is 5.10 Å². The molecule has 1 aromatic heterocycles. The van der Waals surface area contributed by atoms with Gasteiger partial charge in [0, 0.05) is 36.9 Å². The SMILES string of the molecule is C[C@@H]1c2cn(C)nc2CN1C(C)(C)C. The van der Waals surface area contributed by atoms with Gasteiger partial charge in [-0.15, -0.1) is 0 Å². The molecular formula is C11H19N3. The summed E-state index contributed by atoms with van der Waals surface area (Å²) in [7, 11) is 1.99. The zero-order chi connectivity index (χ0) is 10.5. The van der Waals surface area contributed by atoms with Crippen LogP contribution < -0.4 is 0 Å². The topological polar surface area (TPSA) is 21.1 Å². The summed E-state index contributed by atoms with van der Waals surface area (Å²) in [5.41, 5.74) is 2.86. The Morgan fingerprint density at radius 2 is 2.07 bits per heavy atom. The van der Waals surface area contributed by atoms with Gasteiger partial charge in [-0.25, -0.2) is 0 Å². The second-order valence-corrected chi connectivity index (χ2v) is 5.18. The van der Waals surface area contributed by atoms with Gasteiger partial charge in [0.25, 0.3) is 0 Å². The molecule has 0 fully saturated rings. The van der Waals surface area contributed by atoms with Gasteiger partial charge in [0.05, 0.1) is 5.69 Å². The first-order valence-electron chi connectivity index (χ1n) is 5.19. The van der Waals surface area contributed by atoms with Crippen LogP contribution >= 0.6 is 0 Å². The summed E-state index contributed by atoms with van der Waals surface area (Å²) >= 11 is 0. The van der Waals surface area contributed by atoms with Crippen molar-refractivity contribution in [1.82, 2.24) is 14.7 Å². The molecule has 0 amide bonds. The Labute approximate surface area is 85.7 Å². The Kier molecular flexibility index (Phi) is 1.96. The van der Waals surface area contributed by atoms with Crippen molar-refractivity contribution in [3.05, 3.63) is 17.5 Å². The molecule has 0 spiro atoms. The fourth-order valence-corrected chi connectivity index (χ4v) is 2.31. The van der Waals surface area contributed by atoms with Gasteiger partial charge in [0.2, 0.25) is 0 Å². The smallest absolute Gasteiger partial charge is 0.0812 e. The minimum absolute atomic E-state index is 0.228. The molecule has 0 saturated carbocycles. The van der Waals surface area contributed by atoms with Gasteiger partial charge < -0.3 is 0 Å². The first kappa shape index (κ1) is 9.71. The third kappa shape index (κ3) is 1.36. The number of aromatic nitrogens is 2. The van der Waals surface area contributed by atoms with Crippen LogP contribution in [0.25, 0.3) is 0 Å². The number of hydrogen-bond donors (Lipinski definition) is 0. The molecule has 3 heteroatoms. The van der Waals surface area contributed by atoms with E-state index >= 15 is 0 Å². The van der Waals surface area contributed by atoms with Gasteiger partial charge in [-0.05, 0) is 27.7 Å². The molecular weight excluding hydrogens is 174 g/mol. The number of hydrogen-bond acceptors (Lipinski definition) is 2.